The van der Waals surface area contributed by atoms with Crippen LogP contribution in [0.4, 0.5) is 24.5 Å². The van der Waals surface area contributed by atoms with Crippen LogP contribution in [-0.4, -0.2) is 56.2 Å². The standard InChI is InChI=1S/C20H19ClF3N3O3/c1-30-15-5-2-13(3-6-15)18(28)25-14-4-7-17(16(21)12-14)26-8-10-27(11-9-26)19(29)20(22,23)24/h2-7,12H,8-11H2,1H3,(H,25,28). The number of carbonyl (C=O) groups is 2. The van der Waals surface area contributed by atoms with Crippen LogP contribution < -0.4 is 15.0 Å². The van der Waals surface area contributed by atoms with E-state index in [9.17, 15) is 22.8 Å². The number of carbonyl (C=O) groups excluding carboxylic acids is 2. The zero-order valence-electron chi connectivity index (χ0n) is 16.0. The van der Waals surface area contributed by atoms with Crippen LogP contribution in [0.25, 0.3) is 0 Å². The Hall–Kier alpha value is -2.94. The molecule has 1 heterocycles. The Kier molecular flexibility index (Phi) is 6.40. The number of anilines is 2. The minimum atomic E-state index is -4.87. The first-order valence-corrected chi connectivity index (χ1v) is 9.43. The summed E-state index contributed by atoms with van der Waals surface area (Å²) in [6, 6.07) is 11.5. The van der Waals surface area contributed by atoms with E-state index in [0.29, 0.717) is 27.7 Å². The number of halogens is 4. The molecule has 0 aliphatic carbocycles. The van der Waals surface area contributed by atoms with Crippen molar-refractivity contribution in [2.24, 2.45) is 0 Å². The number of nitrogens with zero attached hydrogens (tertiary/aromatic N) is 2. The van der Waals surface area contributed by atoms with Crippen molar-refractivity contribution in [3.8, 4) is 5.75 Å². The monoisotopic (exact) mass is 441 g/mol. The second-order valence-electron chi connectivity index (χ2n) is 6.63. The number of alkyl halides is 3. The zero-order valence-corrected chi connectivity index (χ0v) is 16.8. The van der Waals surface area contributed by atoms with E-state index in [0.717, 1.165) is 4.90 Å². The second kappa shape index (κ2) is 8.83. The molecular weight excluding hydrogens is 423 g/mol. The number of rotatable bonds is 4. The number of hydrogen-bond acceptors (Lipinski definition) is 4. The van der Waals surface area contributed by atoms with E-state index in [1.165, 1.54) is 7.11 Å². The van der Waals surface area contributed by atoms with E-state index in [-0.39, 0.29) is 32.1 Å². The van der Waals surface area contributed by atoms with Gasteiger partial charge in [0.1, 0.15) is 5.75 Å². The Bertz CT molecular complexity index is 927. The summed E-state index contributed by atoms with van der Waals surface area (Å²) in [5.74, 6) is -1.51. The molecule has 0 aromatic heterocycles. The van der Waals surface area contributed by atoms with Crippen LogP contribution >= 0.6 is 11.6 Å². The summed E-state index contributed by atoms with van der Waals surface area (Å²) in [6.07, 6.45) is -4.87. The van der Waals surface area contributed by atoms with Crippen LogP contribution in [0.15, 0.2) is 42.5 Å². The lowest BCUT2D eigenvalue weighted by Crippen LogP contribution is -2.52. The van der Waals surface area contributed by atoms with Gasteiger partial charge in [-0.3, -0.25) is 9.59 Å². The molecule has 0 unspecified atom stereocenters. The SMILES string of the molecule is COc1ccc(C(=O)Nc2ccc(N3CCN(C(=O)C(F)(F)F)CC3)c(Cl)c2)cc1. The highest BCUT2D eigenvalue weighted by atomic mass is 35.5. The smallest absolute Gasteiger partial charge is 0.471 e. The Morgan fingerprint density at radius 2 is 1.67 bits per heavy atom. The molecule has 1 saturated heterocycles. The fourth-order valence-corrected chi connectivity index (χ4v) is 3.42. The number of piperazine rings is 1. The van der Waals surface area contributed by atoms with E-state index in [2.05, 4.69) is 5.32 Å². The molecule has 0 radical (unpaired) electrons. The number of hydrogen-bond donors (Lipinski definition) is 1. The van der Waals surface area contributed by atoms with Crippen molar-refractivity contribution in [1.82, 2.24) is 4.90 Å². The quantitative estimate of drug-likeness (QED) is 0.783. The molecule has 1 aliphatic heterocycles. The number of benzene rings is 2. The lowest BCUT2D eigenvalue weighted by molar-refractivity contribution is -0.185. The third-order valence-electron chi connectivity index (χ3n) is 4.71. The van der Waals surface area contributed by atoms with Crippen molar-refractivity contribution in [1.29, 1.82) is 0 Å². The molecule has 10 heteroatoms. The molecule has 1 aliphatic rings. The molecule has 0 atom stereocenters. The van der Waals surface area contributed by atoms with E-state index < -0.39 is 12.1 Å². The molecule has 0 saturated carbocycles. The van der Waals surface area contributed by atoms with Gasteiger partial charge in [-0.25, -0.2) is 0 Å². The average molecular weight is 442 g/mol. The number of methoxy groups -OCH3 is 1. The maximum atomic E-state index is 12.6. The molecule has 6 nitrogen and oxygen atoms in total. The van der Waals surface area contributed by atoms with E-state index >= 15 is 0 Å². The molecule has 160 valence electrons. The van der Waals surface area contributed by atoms with Gasteiger partial charge in [0, 0.05) is 37.4 Å². The molecule has 30 heavy (non-hydrogen) atoms. The number of ether oxygens (including phenoxy) is 1. The van der Waals surface area contributed by atoms with Crippen molar-refractivity contribution < 1.29 is 27.5 Å². The third kappa shape index (κ3) is 4.96. The van der Waals surface area contributed by atoms with Gasteiger partial charge in [0.25, 0.3) is 5.91 Å². The molecule has 2 aromatic rings. The zero-order chi connectivity index (χ0) is 21.9. The average Bonchev–Trinajstić information content (AvgIpc) is 2.73. The number of amides is 2. The van der Waals surface area contributed by atoms with Gasteiger partial charge in [-0.1, -0.05) is 11.6 Å². The predicted octanol–water partition coefficient (Wildman–Crippen LogP) is 3.81. The third-order valence-corrected chi connectivity index (χ3v) is 5.01. The first-order chi connectivity index (χ1) is 14.2. The van der Waals surface area contributed by atoms with E-state index in [1.807, 2.05) is 0 Å². The van der Waals surface area contributed by atoms with Crippen molar-refractivity contribution in [3.05, 3.63) is 53.1 Å². The highest BCUT2D eigenvalue weighted by Crippen LogP contribution is 2.30. The lowest BCUT2D eigenvalue weighted by Gasteiger charge is -2.36. The maximum absolute atomic E-state index is 12.6. The molecule has 0 spiro atoms. The molecular formula is C20H19ClF3N3O3. The lowest BCUT2D eigenvalue weighted by atomic mass is 10.2. The predicted molar refractivity (Wildman–Crippen MR) is 107 cm³/mol. The summed E-state index contributed by atoms with van der Waals surface area (Å²) in [5.41, 5.74) is 1.55. The van der Waals surface area contributed by atoms with Crippen LogP contribution in [0, 0.1) is 0 Å². The topological polar surface area (TPSA) is 61.9 Å². The second-order valence-corrected chi connectivity index (χ2v) is 7.03. The van der Waals surface area contributed by atoms with Gasteiger partial charge in [0.2, 0.25) is 0 Å². The van der Waals surface area contributed by atoms with Gasteiger partial charge in [-0.05, 0) is 42.5 Å². The van der Waals surface area contributed by atoms with Crippen LogP contribution in [0.3, 0.4) is 0 Å². The highest BCUT2D eigenvalue weighted by Gasteiger charge is 2.43. The van der Waals surface area contributed by atoms with E-state index in [1.54, 1.807) is 47.4 Å². The van der Waals surface area contributed by atoms with Crippen LogP contribution in [-0.2, 0) is 4.79 Å². The summed E-state index contributed by atoms with van der Waals surface area (Å²) in [5, 5.41) is 3.09. The van der Waals surface area contributed by atoms with E-state index in [4.69, 9.17) is 16.3 Å². The summed E-state index contributed by atoms with van der Waals surface area (Å²) >= 11 is 6.33. The van der Waals surface area contributed by atoms with Crippen LogP contribution in [0.2, 0.25) is 5.02 Å². The molecule has 1 fully saturated rings. The van der Waals surface area contributed by atoms with Gasteiger partial charge in [-0.15, -0.1) is 0 Å². The van der Waals surface area contributed by atoms with Gasteiger partial charge < -0.3 is 19.9 Å². The largest absolute Gasteiger partial charge is 0.497 e. The fraction of sp³-hybridized carbons (Fsp3) is 0.300. The summed E-state index contributed by atoms with van der Waals surface area (Å²) in [4.78, 5) is 26.3. The summed E-state index contributed by atoms with van der Waals surface area (Å²) < 4.78 is 42.7. The van der Waals surface area contributed by atoms with Gasteiger partial charge >= 0.3 is 12.1 Å². The molecule has 3 rings (SSSR count). The molecule has 2 aromatic carbocycles. The van der Waals surface area contributed by atoms with Crippen LogP contribution in [0.1, 0.15) is 10.4 Å². The Morgan fingerprint density at radius 1 is 1.03 bits per heavy atom. The highest BCUT2D eigenvalue weighted by molar-refractivity contribution is 6.33. The Balaban J connectivity index is 1.63. The molecule has 1 N–H and O–H groups in total. The van der Waals surface area contributed by atoms with Gasteiger partial charge in [0.05, 0.1) is 17.8 Å². The maximum Gasteiger partial charge on any atom is 0.471 e. The Morgan fingerprint density at radius 3 is 2.20 bits per heavy atom. The van der Waals surface area contributed by atoms with Crippen molar-refractivity contribution in [3.63, 3.8) is 0 Å². The summed E-state index contributed by atoms with van der Waals surface area (Å²) in [7, 11) is 1.53. The minimum Gasteiger partial charge on any atom is -0.497 e. The normalized spacial score (nSPS) is 14.4. The van der Waals surface area contributed by atoms with Crippen molar-refractivity contribution >= 4 is 34.8 Å². The Labute approximate surface area is 176 Å². The van der Waals surface area contributed by atoms with Crippen molar-refractivity contribution in [2.75, 3.05) is 43.5 Å². The van der Waals surface area contributed by atoms with Crippen LogP contribution in [0.5, 0.6) is 5.75 Å². The molecule has 2 amide bonds. The van der Waals surface area contributed by atoms with Gasteiger partial charge in [0.15, 0.2) is 0 Å². The minimum absolute atomic E-state index is 0.0510. The first-order valence-electron chi connectivity index (χ1n) is 9.05. The van der Waals surface area contributed by atoms with Gasteiger partial charge in [-0.2, -0.15) is 13.2 Å². The van der Waals surface area contributed by atoms with Crippen molar-refractivity contribution in [2.45, 2.75) is 6.18 Å². The first kappa shape index (κ1) is 21.8. The summed E-state index contributed by atoms with van der Waals surface area (Å²) in [6.45, 7) is 0.341. The molecule has 0 bridgehead atoms. The number of nitrogens with one attached hydrogen (secondary N) is 1. The fourth-order valence-electron chi connectivity index (χ4n) is 3.12.